The van der Waals surface area contributed by atoms with E-state index in [-0.39, 0.29) is 5.54 Å². The van der Waals surface area contributed by atoms with Gasteiger partial charge in [-0.1, -0.05) is 19.3 Å². The van der Waals surface area contributed by atoms with Gasteiger partial charge in [-0.2, -0.15) is 11.3 Å². The Morgan fingerprint density at radius 3 is 2.58 bits per heavy atom. The number of hydrogen-bond acceptors (Lipinski definition) is 2. The van der Waals surface area contributed by atoms with Crippen LogP contribution >= 0.6 is 11.3 Å². The highest BCUT2D eigenvalue weighted by atomic mass is 32.1. The Kier molecular flexibility index (Phi) is 2.20. The van der Waals surface area contributed by atoms with E-state index in [0.29, 0.717) is 0 Å². The summed E-state index contributed by atoms with van der Waals surface area (Å²) in [6.45, 7) is 0. The Hall–Kier alpha value is -0.340. The first-order valence-corrected chi connectivity index (χ1v) is 5.57. The van der Waals surface area contributed by atoms with Gasteiger partial charge in [-0.05, 0) is 35.2 Å². The molecule has 0 amide bonds. The molecule has 1 aliphatic carbocycles. The molecule has 0 saturated heterocycles. The lowest BCUT2D eigenvalue weighted by Gasteiger charge is -2.32. The van der Waals surface area contributed by atoms with Crippen molar-refractivity contribution in [1.82, 2.24) is 0 Å². The molecule has 2 heteroatoms. The summed E-state index contributed by atoms with van der Waals surface area (Å²) in [5.74, 6) is 0. The normalized spacial score (nSPS) is 22.4. The maximum Gasteiger partial charge on any atom is 0.0417 e. The predicted octanol–water partition coefficient (Wildman–Crippen LogP) is 2.87. The van der Waals surface area contributed by atoms with Gasteiger partial charge in [0, 0.05) is 5.54 Å². The maximum atomic E-state index is 6.33. The van der Waals surface area contributed by atoms with Gasteiger partial charge in [0.2, 0.25) is 0 Å². The van der Waals surface area contributed by atoms with Crippen molar-refractivity contribution >= 4 is 11.3 Å². The summed E-state index contributed by atoms with van der Waals surface area (Å²) in [5, 5.41) is 4.32. The van der Waals surface area contributed by atoms with Crippen molar-refractivity contribution < 1.29 is 0 Å². The molecule has 1 heterocycles. The van der Waals surface area contributed by atoms with E-state index in [1.54, 1.807) is 11.3 Å². The van der Waals surface area contributed by atoms with Gasteiger partial charge in [0.05, 0.1) is 0 Å². The van der Waals surface area contributed by atoms with Crippen molar-refractivity contribution in [3.05, 3.63) is 22.4 Å². The topological polar surface area (TPSA) is 26.0 Å². The van der Waals surface area contributed by atoms with E-state index in [4.69, 9.17) is 5.73 Å². The van der Waals surface area contributed by atoms with Crippen molar-refractivity contribution in [2.75, 3.05) is 0 Å². The van der Waals surface area contributed by atoms with Gasteiger partial charge in [-0.3, -0.25) is 0 Å². The lowest BCUT2D eigenvalue weighted by Crippen LogP contribution is -2.38. The molecular formula is C10H15NS. The van der Waals surface area contributed by atoms with Crippen LogP contribution in [0.3, 0.4) is 0 Å². The molecule has 1 nitrogen and oxygen atoms in total. The average molecular weight is 181 g/mol. The van der Waals surface area contributed by atoms with E-state index < -0.39 is 0 Å². The number of thiophene rings is 1. The van der Waals surface area contributed by atoms with Crippen molar-refractivity contribution in [2.45, 2.75) is 37.6 Å². The molecule has 66 valence electrons. The van der Waals surface area contributed by atoms with Crippen LogP contribution in [0.25, 0.3) is 0 Å². The summed E-state index contributed by atoms with van der Waals surface area (Å²) in [4.78, 5) is 0. The fourth-order valence-electron chi connectivity index (χ4n) is 2.02. The summed E-state index contributed by atoms with van der Waals surface area (Å²) < 4.78 is 0. The Morgan fingerprint density at radius 1 is 1.25 bits per heavy atom. The molecule has 1 aliphatic rings. The molecule has 1 aromatic rings. The van der Waals surface area contributed by atoms with E-state index in [1.807, 2.05) is 0 Å². The maximum absolute atomic E-state index is 6.33. The van der Waals surface area contributed by atoms with Crippen molar-refractivity contribution in [3.8, 4) is 0 Å². The second-order valence-electron chi connectivity index (χ2n) is 3.73. The third kappa shape index (κ3) is 1.41. The average Bonchev–Trinajstić information content (AvgIpc) is 2.58. The van der Waals surface area contributed by atoms with Crippen LogP contribution in [-0.4, -0.2) is 0 Å². The van der Waals surface area contributed by atoms with E-state index in [1.165, 1.54) is 37.7 Å². The Bertz CT molecular complexity index is 234. The molecule has 0 aliphatic heterocycles. The molecule has 0 atom stereocenters. The van der Waals surface area contributed by atoms with Crippen LogP contribution in [0.2, 0.25) is 0 Å². The quantitative estimate of drug-likeness (QED) is 0.708. The second-order valence-corrected chi connectivity index (χ2v) is 4.51. The van der Waals surface area contributed by atoms with Gasteiger partial charge in [-0.25, -0.2) is 0 Å². The van der Waals surface area contributed by atoms with Crippen LogP contribution in [-0.2, 0) is 5.54 Å². The molecule has 2 N–H and O–H groups in total. The van der Waals surface area contributed by atoms with Gasteiger partial charge < -0.3 is 5.73 Å². The Balaban J connectivity index is 2.19. The Morgan fingerprint density at radius 2 is 2.00 bits per heavy atom. The molecular weight excluding hydrogens is 166 g/mol. The number of nitrogens with two attached hydrogens (primary N) is 1. The fourth-order valence-corrected chi connectivity index (χ4v) is 2.78. The molecule has 1 fully saturated rings. The van der Waals surface area contributed by atoms with Crippen LogP contribution in [0.5, 0.6) is 0 Å². The minimum absolute atomic E-state index is 0.0122. The smallest absolute Gasteiger partial charge is 0.0417 e. The largest absolute Gasteiger partial charge is 0.321 e. The van der Waals surface area contributed by atoms with Crippen LogP contribution in [0, 0.1) is 0 Å². The first-order chi connectivity index (χ1) is 5.81. The van der Waals surface area contributed by atoms with Crippen molar-refractivity contribution in [3.63, 3.8) is 0 Å². The highest BCUT2D eigenvalue weighted by Gasteiger charge is 2.29. The highest BCUT2D eigenvalue weighted by Crippen LogP contribution is 2.35. The molecule has 2 rings (SSSR count). The van der Waals surface area contributed by atoms with Crippen LogP contribution < -0.4 is 5.73 Å². The highest BCUT2D eigenvalue weighted by molar-refractivity contribution is 7.08. The molecule has 0 spiro atoms. The summed E-state index contributed by atoms with van der Waals surface area (Å²) in [6.07, 6.45) is 6.30. The van der Waals surface area contributed by atoms with E-state index in [0.717, 1.165) is 0 Å². The Labute approximate surface area is 77.6 Å². The van der Waals surface area contributed by atoms with E-state index in [9.17, 15) is 0 Å². The predicted molar refractivity (Wildman–Crippen MR) is 53.3 cm³/mol. The standard InChI is InChI=1S/C10H15NS/c11-10(5-2-1-3-6-10)9-4-7-12-8-9/h4,7-8H,1-3,5-6,11H2. The summed E-state index contributed by atoms with van der Waals surface area (Å²) in [6, 6.07) is 2.18. The first kappa shape index (κ1) is 8.27. The summed E-state index contributed by atoms with van der Waals surface area (Å²) in [7, 11) is 0. The molecule has 1 saturated carbocycles. The SMILES string of the molecule is NC1(c2ccsc2)CCCCC1. The second kappa shape index (κ2) is 3.19. The van der Waals surface area contributed by atoms with Gasteiger partial charge in [0.15, 0.2) is 0 Å². The minimum Gasteiger partial charge on any atom is -0.321 e. The molecule has 0 unspecified atom stereocenters. The third-order valence-electron chi connectivity index (χ3n) is 2.84. The molecule has 1 aromatic heterocycles. The van der Waals surface area contributed by atoms with Crippen LogP contribution in [0.15, 0.2) is 16.8 Å². The lowest BCUT2D eigenvalue weighted by molar-refractivity contribution is 0.303. The van der Waals surface area contributed by atoms with Crippen molar-refractivity contribution in [2.24, 2.45) is 5.73 Å². The molecule has 0 radical (unpaired) electrons. The molecule has 12 heavy (non-hydrogen) atoms. The van der Waals surface area contributed by atoms with Gasteiger partial charge in [0.1, 0.15) is 0 Å². The zero-order valence-corrected chi connectivity index (χ0v) is 8.07. The summed E-state index contributed by atoms with van der Waals surface area (Å²) in [5.41, 5.74) is 7.70. The monoisotopic (exact) mass is 181 g/mol. The van der Waals surface area contributed by atoms with E-state index in [2.05, 4.69) is 16.8 Å². The molecule has 0 aromatic carbocycles. The first-order valence-electron chi connectivity index (χ1n) is 4.63. The zero-order chi connectivity index (χ0) is 8.44. The van der Waals surface area contributed by atoms with Gasteiger partial charge in [0.25, 0.3) is 0 Å². The van der Waals surface area contributed by atoms with Crippen molar-refractivity contribution in [1.29, 1.82) is 0 Å². The third-order valence-corrected chi connectivity index (χ3v) is 3.53. The molecule has 0 bridgehead atoms. The summed E-state index contributed by atoms with van der Waals surface area (Å²) >= 11 is 1.75. The van der Waals surface area contributed by atoms with E-state index >= 15 is 0 Å². The van der Waals surface area contributed by atoms with Gasteiger partial charge >= 0.3 is 0 Å². The van der Waals surface area contributed by atoms with Crippen LogP contribution in [0.1, 0.15) is 37.7 Å². The zero-order valence-electron chi connectivity index (χ0n) is 7.25. The lowest BCUT2D eigenvalue weighted by atomic mass is 9.79. The number of rotatable bonds is 1. The number of hydrogen-bond donors (Lipinski definition) is 1. The van der Waals surface area contributed by atoms with Crippen LogP contribution in [0.4, 0.5) is 0 Å². The minimum atomic E-state index is 0.0122. The van der Waals surface area contributed by atoms with Gasteiger partial charge in [-0.15, -0.1) is 0 Å². The fraction of sp³-hybridized carbons (Fsp3) is 0.600.